The maximum atomic E-state index is 7.00. The normalized spacial score (nSPS) is 25.5. The molecular weight excluding hydrogens is 228 g/mol. The Balaban J connectivity index is 0.000000308. The van der Waals surface area contributed by atoms with Crippen LogP contribution in [0.1, 0.15) is 60.3 Å². The first-order valence-corrected chi connectivity index (χ1v) is 7.03. The number of hydrogen-bond acceptors (Lipinski definition) is 3. The summed E-state index contributed by atoms with van der Waals surface area (Å²) in [4.78, 5) is 0. The molecule has 1 heterocycles. The van der Waals surface area contributed by atoms with E-state index in [1.165, 1.54) is 25.7 Å². The minimum Gasteiger partial charge on any atom is -0.400 e. The Morgan fingerprint density at radius 1 is 0.889 bits per heavy atom. The zero-order valence-electron chi connectivity index (χ0n) is 13.1. The summed E-state index contributed by atoms with van der Waals surface area (Å²) < 4.78 is 10.9. The van der Waals surface area contributed by atoms with E-state index in [0.29, 0.717) is 0 Å². The van der Waals surface area contributed by atoms with Gasteiger partial charge >= 0.3 is 0 Å². The van der Waals surface area contributed by atoms with Gasteiger partial charge in [0, 0.05) is 12.5 Å². The van der Waals surface area contributed by atoms with E-state index in [1.54, 1.807) is 0 Å². The second kappa shape index (κ2) is 8.13. The Morgan fingerprint density at radius 3 is 1.50 bits per heavy atom. The predicted octanol–water partition coefficient (Wildman–Crippen LogP) is 3.60. The molecule has 18 heavy (non-hydrogen) atoms. The van der Waals surface area contributed by atoms with Crippen molar-refractivity contribution in [3.05, 3.63) is 0 Å². The van der Waals surface area contributed by atoms with Crippen LogP contribution in [-0.4, -0.2) is 31.2 Å². The third kappa shape index (κ3) is 8.06. The molecule has 0 aromatic carbocycles. The van der Waals surface area contributed by atoms with Crippen molar-refractivity contribution < 1.29 is 14.6 Å². The largest absolute Gasteiger partial charge is 0.400 e. The number of hydrogen-bond donors (Lipinski definition) is 1. The Kier molecular flexibility index (Phi) is 8.08. The minimum absolute atomic E-state index is 0.190. The fourth-order valence-corrected chi connectivity index (χ4v) is 1.95. The molecule has 1 saturated carbocycles. The summed E-state index contributed by atoms with van der Waals surface area (Å²) in [5, 5.41) is 7.00. The zero-order chi connectivity index (χ0) is 14.2. The van der Waals surface area contributed by atoms with Crippen LogP contribution in [0.25, 0.3) is 0 Å². The second-order valence-corrected chi connectivity index (χ2v) is 6.53. The van der Waals surface area contributed by atoms with Crippen LogP contribution in [0.2, 0.25) is 0 Å². The van der Waals surface area contributed by atoms with Crippen LogP contribution < -0.4 is 0 Å². The number of rotatable bonds is 0. The zero-order valence-corrected chi connectivity index (χ0v) is 13.1. The van der Waals surface area contributed by atoms with Crippen LogP contribution in [0.5, 0.6) is 0 Å². The molecule has 0 bridgehead atoms. The van der Waals surface area contributed by atoms with E-state index >= 15 is 0 Å². The van der Waals surface area contributed by atoms with Crippen LogP contribution in [0, 0.1) is 11.3 Å². The molecule has 2 aliphatic rings. The van der Waals surface area contributed by atoms with Crippen LogP contribution in [0.15, 0.2) is 0 Å². The molecule has 2 fully saturated rings. The summed E-state index contributed by atoms with van der Waals surface area (Å²) in [7, 11) is 1.00. The highest BCUT2D eigenvalue weighted by Crippen LogP contribution is 2.28. The highest BCUT2D eigenvalue weighted by Gasteiger charge is 2.32. The molecule has 110 valence electrons. The lowest BCUT2D eigenvalue weighted by molar-refractivity contribution is -0.279. The Hall–Kier alpha value is -0.120. The summed E-state index contributed by atoms with van der Waals surface area (Å²) in [6.45, 7) is 12.1. The smallest absolute Gasteiger partial charge is 0.162 e. The summed E-state index contributed by atoms with van der Waals surface area (Å²) >= 11 is 0. The maximum absolute atomic E-state index is 7.00. The van der Waals surface area contributed by atoms with Gasteiger partial charge < -0.3 is 14.6 Å². The molecule has 0 aromatic rings. The Labute approximate surface area is 113 Å². The quantitative estimate of drug-likeness (QED) is 0.723. The lowest BCUT2D eigenvalue weighted by Crippen LogP contribution is -2.43. The first-order chi connectivity index (χ1) is 8.31. The fourth-order valence-electron chi connectivity index (χ4n) is 1.95. The van der Waals surface area contributed by atoms with Crippen LogP contribution >= 0.6 is 0 Å². The van der Waals surface area contributed by atoms with Gasteiger partial charge in [0.1, 0.15) is 0 Å². The van der Waals surface area contributed by atoms with Gasteiger partial charge in [0.15, 0.2) is 5.79 Å². The second-order valence-electron chi connectivity index (χ2n) is 6.53. The highest BCUT2D eigenvalue weighted by molar-refractivity contribution is 4.74. The average molecular weight is 260 g/mol. The van der Waals surface area contributed by atoms with Crippen LogP contribution in [-0.2, 0) is 9.47 Å². The SMILES string of the molecule is CC1(C)COC(C)(C)OC1.CC1CCCC1.CO. The van der Waals surface area contributed by atoms with Crippen LogP contribution in [0.3, 0.4) is 0 Å². The van der Waals surface area contributed by atoms with Crippen molar-refractivity contribution in [2.24, 2.45) is 11.3 Å². The van der Waals surface area contributed by atoms with Crippen molar-refractivity contribution in [2.75, 3.05) is 20.3 Å². The van der Waals surface area contributed by atoms with Gasteiger partial charge in [-0.3, -0.25) is 0 Å². The molecule has 0 atom stereocenters. The number of ether oxygens (including phenoxy) is 2. The Bertz CT molecular complexity index is 178. The highest BCUT2D eigenvalue weighted by atomic mass is 16.7. The van der Waals surface area contributed by atoms with Gasteiger partial charge in [0.25, 0.3) is 0 Å². The van der Waals surface area contributed by atoms with E-state index in [0.717, 1.165) is 26.2 Å². The molecule has 1 saturated heterocycles. The number of aliphatic hydroxyl groups excluding tert-OH is 1. The molecule has 3 heteroatoms. The van der Waals surface area contributed by atoms with Crippen molar-refractivity contribution in [2.45, 2.75) is 66.1 Å². The molecular formula is C15H32O3. The predicted molar refractivity (Wildman–Crippen MR) is 75.5 cm³/mol. The molecule has 1 N–H and O–H groups in total. The monoisotopic (exact) mass is 260 g/mol. The molecule has 2 rings (SSSR count). The molecule has 0 spiro atoms. The maximum Gasteiger partial charge on any atom is 0.162 e. The first-order valence-electron chi connectivity index (χ1n) is 7.03. The van der Waals surface area contributed by atoms with Crippen molar-refractivity contribution in [1.29, 1.82) is 0 Å². The van der Waals surface area contributed by atoms with Gasteiger partial charge in [0.05, 0.1) is 13.2 Å². The van der Waals surface area contributed by atoms with Gasteiger partial charge in [-0.25, -0.2) is 0 Å². The lowest BCUT2D eigenvalue weighted by atomic mass is 9.95. The fraction of sp³-hybridized carbons (Fsp3) is 1.00. The van der Waals surface area contributed by atoms with Gasteiger partial charge in [-0.05, 0) is 19.8 Å². The minimum atomic E-state index is -0.366. The number of aliphatic hydroxyl groups is 1. The van der Waals surface area contributed by atoms with Crippen molar-refractivity contribution in [3.8, 4) is 0 Å². The van der Waals surface area contributed by atoms with E-state index in [9.17, 15) is 0 Å². The lowest BCUT2D eigenvalue weighted by Gasteiger charge is -2.39. The van der Waals surface area contributed by atoms with Crippen LogP contribution in [0.4, 0.5) is 0 Å². The van der Waals surface area contributed by atoms with E-state index in [2.05, 4.69) is 20.8 Å². The Morgan fingerprint density at radius 2 is 1.28 bits per heavy atom. The molecule has 1 aliphatic carbocycles. The summed E-state index contributed by atoms with van der Waals surface area (Å²) in [5.41, 5.74) is 0.190. The third-order valence-corrected chi connectivity index (χ3v) is 3.26. The molecule has 3 nitrogen and oxygen atoms in total. The van der Waals surface area contributed by atoms with Gasteiger partial charge in [-0.2, -0.15) is 0 Å². The summed E-state index contributed by atoms with van der Waals surface area (Å²) in [6, 6.07) is 0. The molecule has 0 amide bonds. The van der Waals surface area contributed by atoms with Crippen molar-refractivity contribution >= 4 is 0 Å². The average Bonchev–Trinajstić information content (AvgIpc) is 2.78. The molecule has 0 unspecified atom stereocenters. The van der Waals surface area contributed by atoms with Gasteiger partial charge in [-0.15, -0.1) is 0 Å². The van der Waals surface area contributed by atoms with E-state index < -0.39 is 0 Å². The van der Waals surface area contributed by atoms with E-state index in [-0.39, 0.29) is 11.2 Å². The summed E-state index contributed by atoms with van der Waals surface area (Å²) in [6.07, 6.45) is 5.95. The third-order valence-electron chi connectivity index (χ3n) is 3.26. The molecule has 0 aromatic heterocycles. The van der Waals surface area contributed by atoms with E-state index in [4.69, 9.17) is 14.6 Å². The molecule has 0 radical (unpaired) electrons. The first kappa shape index (κ1) is 17.9. The van der Waals surface area contributed by atoms with Gasteiger partial charge in [-0.1, -0.05) is 46.5 Å². The standard InChI is InChI=1S/C8H16O2.C6H12.CH4O/c1-7(2)5-9-8(3,4)10-6-7;1-6-4-2-3-5-6;1-2/h5-6H2,1-4H3;6H,2-5H2,1H3;2H,1H3. The molecule has 1 aliphatic heterocycles. The topological polar surface area (TPSA) is 38.7 Å². The van der Waals surface area contributed by atoms with Gasteiger partial charge in [0.2, 0.25) is 0 Å². The van der Waals surface area contributed by atoms with E-state index in [1.807, 2.05) is 13.8 Å². The van der Waals surface area contributed by atoms with Crippen molar-refractivity contribution in [1.82, 2.24) is 0 Å². The van der Waals surface area contributed by atoms with Crippen molar-refractivity contribution in [3.63, 3.8) is 0 Å². The summed E-state index contributed by atoms with van der Waals surface area (Å²) in [5.74, 6) is 0.681.